The van der Waals surface area contributed by atoms with Gasteiger partial charge in [0.15, 0.2) is 0 Å². The maximum absolute atomic E-state index is 13.6. The smallest absolute Gasteiger partial charge is 0.242 e. The van der Waals surface area contributed by atoms with Crippen molar-refractivity contribution in [1.82, 2.24) is 4.90 Å². The van der Waals surface area contributed by atoms with Crippen molar-refractivity contribution in [2.24, 2.45) is 0 Å². The normalized spacial score (nSPS) is 16.5. The first-order valence-corrected chi connectivity index (χ1v) is 7.98. The van der Waals surface area contributed by atoms with Crippen LogP contribution >= 0.6 is 0 Å². The van der Waals surface area contributed by atoms with E-state index in [-0.39, 0.29) is 24.3 Å². The van der Waals surface area contributed by atoms with Crippen molar-refractivity contribution in [3.8, 4) is 0 Å². The van der Waals surface area contributed by atoms with Gasteiger partial charge in [0, 0.05) is 7.05 Å². The highest BCUT2D eigenvalue weighted by Crippen LogP contribution is 2.33. The van der Waals surface area contributed by atoms with E-state index in [2.05, 4.69) is 17.4 Å². The summed E-state index contributed by atoms with van der Waals surface area (Å²) in [6.45, 7) is 0.0934. The first-order valence-electron chi connectivity index (χ1n) is 7.98. The molecule has 0 saturated heterocycles. The lowest BCUT2D eigenvalue weighted by atomic mass is 9.87. The molecule has 0 radical (unpaired) electrons. The fraction of sp³-hybridized carbons (Fsp3) is 0.316. The standard InChI is InChI=1S/C19H21FN2O/c1-22(18-12-6-8-14-7-2-3-9-15(14)18)19(23)13-21-17-11-5-4-10-16(17)20/h2-5,7,9-11,18,21H,6,8,12-13H2,1H3. The zero-order valence-corrected chi connectivity index (χ0v) is 13.3. The highest BCUT2D eigenvalue weighted by molar-refractivity contribution is 5.81. The number of halogens is 1. The first kappa shape index (κ1) is 15.5. The molecule has 23 heavy (non-hydrogen) atoms. The van der Waals surface area contributed by atoms with Gasteiger partial charge in [0.2, 0.25) is 5.91 Å². The Kier molecular flexibility index (Phi) is 4.60. The maximum Gasteiger partial charge on any atom is 0.242 e. The van der Waals surface area contributed by atoms with Crippen LogP contribution in [0.4, 0.5) is 10.1 Å². The third-order valence-electron chi connectivity index (χ3n) is 4.50. The summed E-state index contributed by atoms with van der Waals surface area (Å²) in [6, 6.07) is 14.8. The molecule has 1 aliphatic rings. The molecule has 1 atom stereocenters. The predicted octanol–water partition coefficient (Wildman–Crippen LogP) is 3.77. The van der Waals surface area contributed by atoms with E-state index in [9.17, 15) is 9.18 Å². The van der Waals surface area contributed by atoms with Gasteiger partial charge in [0.05, 0.1) is 18.3 Å². The van der Waals surface area contributed by atoms with Gasteiger partial charge in [-0.3, -0.25) is 4.79 Å². The van der Waals surface area contributed by atoms with Crippen LogP contribution in [0.1, 0.15) is 30.0 Å². The van der Waals surface area contributed by atoms with Crippen molar-refractivity contribution < 1.29 is 9.18 Å². The van der Waals surface area contributed by atoms with Crippen LogP contribution in [0.2, 0.25) is 0 Å². The highest BCUT2D eigenvalue weighted by atomic mass is 19.1. The summed E-state index contributed by atoms with van der Waals surface area (Å²) in [5, 5.41) is 2.89. The molecule has 0 spiro atoms. The third kappa shape index (κ3) is 3.36. The summed E-state index contributed by atoms with van der Waals surface area (Å²) in [4.78, 5) is 14.3. The summed E-state index contributed by atoms with van der Waals surface area (Å²) in [6.07, 6.45) is 3.13. The molecule has 120 valence electrons. The zero-order chi connectivity index (χ0) is 16.2. The van der Waals surface area contributed by atoms with E-state index in [1.165, 1.54) is 17.2 Å². The number of anilines is 1. The van der Waals surface area contributed by atoms with Crippen molar-refractivity contribution in [2.75, 3.05) is 18.9 Å². The van der Waals surface area contributed by atoms with E-state index in [0.717, 1.165) is 19.3 Å². The Morgan fingerprint density at radius 3 is 2.78 bits per heavy atom. The Balaban J connectivity index is 1.68. The van der Waals surface area contributed by atoms with Crippen LogP contribution in [0.5, 0.6) is 0 Å². The number of benzene rings is 2. The fourth-order valence-electron chi connectivity index (χ4n) is 3.20. The van der Waals surface area contributed by atoms with Gasteiger partial charge in [-0.2, -0.15) is 0 Å². The van der Waals surface area contributed by atoms with Gasteiger partial charge in [0.25, 0.3) is 0 Å². The third-order valence-corrected chi connectivity index (χ3v) is 4.50. The molecule has 1 N–H and O–H groups in total. The second-order valence-electron chi connectivity index (χ2n) is 5.94. The number of hydrogen-bond donors (Lipinski definition) is 1. The number of carbonyl (C=O) groups excluding carboxylic acids is 1. The lowest BCUT2D eigenvalue weighted by Gasteiger charge is -2.33. The average molecular weight is 312 g/mol. The molecule has 0 aromatic heterocycles. The summed E-state index contributed by atoms with van der Waals surface area (Å²) >= 11 is 0. The average Bonchev–Trinajstić information content (AvgIpc) is 2.59. The molecule has 3 nitrogen and oxygen atoms in total. The van der Waals surface area contributed by atoms with Gasteiger partial charge < -0.3 is 10.2 Å². The number of carbonyl (C=O) groups is 1. The molecule has 0 heterocycles. The van der Waals surface area contributed by atoms with Gasteiger partial charge in [-0.1, -0.05) is 36.4 Å². The predicted molar refractivity (Wildman–Crippen MR) is 89.8 cm³/mol. The second kappa shape index (κ2) is 6.82. The van der Waals surface area contributed by atoms with E-state index < -0.39 is 0 Å². The molecule has 0 saturated carbocycles. The van der Waals surface area contributed by atoms with Gasteiger partial charge in [0.1, 0.15) is 5.82 Å². The number of fused-ring (bicyclic) bond motifs is 1. The first-order chi connectivity index (χ1) is 11.2. The molecule has 0 fully saturated rings. The number of nitrogens with zero attached hydrogens (tertiary/aromatic N) is 1. The number of rotatable bonds is 4. The Labute approximate surface area is 136 Å². The lowest BCUT2D eigenvalue weighted by Crippen LogP contribution is -2.37. The van der Waals surface area contributed by atoms with Gasteiger partial charge >= 0.3 is 0 Å². The Morgan fingerprint density at radius 1 is 1.22 bits per heavy atom. The number of hydrogen-bond acceptors (Lipinski definition) is 2. The van der Waals surface area contributed by atoms with Crippen LogP contribution < -0.4 is 5.32 Å². The molecule has 2 aromatic rings. The number of nitrogens with one attached hydrogen (secondary N) is 1. The molecular weight excluding hydrogens is 291 g/mol. The number of aryl methyl sites for hydroxylation is 1. The van der Waals surface area contributed by atoms with Crippen LogP contribution in [-0.2, 0) is 11.2 Å². The Bertz CT molecular complexity index is 701. The minimum atomic E-state index is -0.342. The van der Waals surface area contributed by atoms with Crippen LogP contribution in [-0.4, -0.2) is 24.4 Å². The van der Waals surface area contributed by atoms with Crippen molar-refractivity contribution in [2.45, 2.75) is 25.3 Å². The van der Waals surface area contributed by atoms with Crippen molar-refractivity contribution in [1.29, 1.82) is 0 Å². The number of para-hydroxylation sites is 1. The minimum absolute atomic E-state index is 0.0324. The van der Waals surface area contributed by atoms with Crippen molar-refractivity contribution >= 4 is 11.6 Å². The molecule has 2 aromatic carbocycles. The highest BCUT2D eigenvalue weighted by Gasteiger charge is 2.26. The maximum atomic E-state index is 13.6. The Hall–Kier alpha value is -2.36. The fourth-order valence-corrected chi connectivity index (χ4v) is 3.20. The largest absolute Gasteiger partial charge is 0.374 e. The number of likely N-dealkylation sites (N-methyl/N-ethyl adjacent to an activating group) is 1. The molecular formula is C19H21FN2O. The molecule has 1 unspecified atom stereocenters. The van der Waals surface area contributed by atoms with Gasteiger partial charge in [-0.15, -0.1) is 0 Å². The number of amides is 1. The van der Waals surface area contributed by atoms with E-state index in [1.54, 1.807) is 23.1 Å². The lowest BCUT2D eigenvalue weighted by molar-refractivity contribution is -0.130. The van der Waals surface area contributed by atoms with Gasteiger partial charge in [-0.05, 0) is 42.5 Å². The van der Waals surface area contributed by atoms with Crippen LogP contribution in [0, 0.1) is 5.82 Å². The van der Waals surface area contributed by atoms with Crippen LogP contribution in [0.3, 0.4) is 0 Å². The van der Waals surface area contributed by atoms with E-state index >= 15 is 0 Å². The zero-order valence-electron chi connectivity index (χ0n) is 13.3. The Morgan fingerprint density at radius 2 is 1.96 bits per heavy atom. The van der Waals surface area contributed by atoms with E-state index in [4.69, 9.17) is 0 Å². The molecule has 0 aliphatic heterocycles. The molecule has 0 bridgehead atoms. The quantitative estimate of drug-likeness (QED) is 0.932. The molecule has 4 heteroatoms. The van der Waals surface area contributed by atoms with E-state index in [0.29, 0.717) is 5.69 Å². The van der Waals surface area contributed by atoms with Gasteiger partial charge in [-0.25, -0.2) is 4.39 Å². The van der Waals surface area contributed by atoms with Crippen molar-refractivity contribution in [3.05, 3.63) is 65.5 Å². The van der Waals surface area contributed by atoms with Crippen molar-refractivity contribution in [3.63, 3.8) is 0 Å². The minimum Gasteiger partial charge on any atom is -0.374 e. The van der Waals surface area contributed by atoms with E-state index in [1.807, 2.05) is 19.2 Å². The summed E-state index contributed by atoms with van der Waals surface area (Å²) in [5.41, 5.74) is 2.92. The summed E-state index contributed by atoms with van der Waals surface area (Å²) in [7, 11) is 1.83. The molecule has 1 amide bonds. The van der Waals surface area contributed by atoms with Crippen LogP contribution in [0.15, 0.2) is 48.5 Å². The molecule has 1 aliphatic carbocycles. The molecule has 3 rings (SSSR count). The monoisotopic (exact) mass is 312 g/mol. The van der Waals surface area contributed by atoms with Crippen LogP contribution in [0.25, 0.3) is 0 Å². The SMILES string of the molecule is CN(C(=O)CNc1ccccc1F)C1CCCc2ccccc21. The summed E-state index contributed by atoms with van der Waals surface area (Å²) in [5.74, 6) is -0.374. The summed E-state index contributed by atoms with van der Waals surface area (Å²) < 4.78 is 13.6. The second-order valence-corrected chi connectivity index (χ2v) is 5.94. The topological polar surface area (TPSA) is 32.3 Å².